The summed E-state index contributed by atoms with van der Waals surface area (Å²) < 4.78 is 13.6. The van der Waals surface area contributed by atoms with Crippen molar-refractivity contribution in [3.05, 3.63) is 34.6 Å². The van der Waals surface area contributed by atoms with Crippen LogP contribution in [0.3, 0.4) is 0 Å². The molecule has 1 N–H and O–H groups in total. The zero-order chi connectivity index (χ0) is 15.3. The maximum absolute atomic E-state index is 13.6. The smallest absolute Gasteiger partial charge is 0.254 e. The Morgan fingerprint density at radius 3 is 2.40 bits per heavy atom. The molecule has 1 amide bonds. The van der Waals surface area contributed by atoms with E-state index in [1.165, 1.54) is 12.1 Å². The van der Waals surface area contributed by atoms with Crippen LogP contribution in [0.15, 0.2) is 18.2 Å². The van der Waals surface area contributed by atoms with Crippen LogP contribution in [0.2, 0.25) is 5.02 Å². The predicted molar refractivity (Wildman–Crippen MR) is 80.7 cm³/mol. The number of benzene rings is 1. The summed E-state index contributed by atoms with van der Waals surface area (Å²) in [6, 6.07) is 4.85. The fourth-order valence-corrected chi connectivity index (χ4v) is 2.34. The highest BCUT2D eigenvalue weighted by Gasteiger charge is 2.15. The van der Waals surface area contributed by atoms with Gasteiger partial charge in [-0.2, -0.15) is 0 Å². The standard InChI is InChI=1S/C15H22ClFN2O/c1-10(2)19(11(3)4)8-7-18-15(20)13-6-5-12(16)9-14(13)17/h5-6,9-11H,7-8H2,1-4H3,(H,18,20). The Morgan fingerprint density at radius 1 is 1.30 bits per heavy atom. The van der Waals surface area contributed by atoms with Gasteiger partial charge in [0.2, 0.25) is 0 Å². The Hall–Kier alpha value is -1.13. The number of nitrogens with zero attached hydrogens (tertiary/aromatic N) is 1. The number of rotatable bonds is 6. The van der Waals surface area contributed by atoms with Gasteiger partial charge in [-0.1, -0.05) is 11.6 Å². The van der Waals surface area contributed by atoms with Crippen molar-refractivity contribution in [2.75, 3.05) is 13.1 Å². The minimum Gasteiger partial charge on any atom is -0.351 e. The van der Waals surface area contributed by atoms with Crippen LogP contribution in [0, 0.1) is 5.82 Å². The first kappa shape index (κ1) is 16.9. The number of hydrogen-bond acceptors (Lipinski definition) is 2. The lowest BCUT2D eigenvalue weighted by Crippen LogP contribution is -2.42. The van der Waals surface area contributed by atoms with Crippen LogP contribution in [-0.4, -0.2) is 36.0 Å². The molecule has 0 spiro atoms. The molecule has 0 heterocycles. The maximum Gasteiger partial charge on any atom is 0.254 e. The Kier molecular flexibility index (Phi) is 6.43. The Bertz CT molecular complexity index is 455. The lowest BCUT2D eigenvalue weighted by molar-refractivity contribution is 0.0935. The van der Waals surface area contributed by atoms with E-state index in [4.69, 9.17) is 11.6 Å². The summed E-state index contributed by atoms with van der Waals surface area (Å²) in [5.74, 6) is -1.01. The van der Waals surface area contributed by atoms with Crippen LogP contribution in [0.25, 0.3) is 0 Å². The third-order valence-electron chi connectivity index (χ3n) is 3.16. The third-order valence-corrected chi connectivity index (χ3v) is 3.39. The molecule has 0 radical (unpaired) electrons. The van der Waals surface area contributed by atoms with Crippen molar-refractivity contribution in [3.8, 4) is 0 Å². The minimum absolute atomic E-state index is 0.0232. The number of hydrogen-bond donors (Lipinski definition) is 1. The van der Waals surface area contributed by atoms with Crippen molar-refractivity contribution in [2.45, 2.75) is 39.8 Å². The van der Waals surface area contributed by atoms with Crippen LogP contribution >= 0.6 is 11.6 Å². The van der Waals surface area contributed by atoms with Gasteiger partial charge in [-0.05, 0) is 45.9 Å². The SMILES string of the molecule is CC(C)N(CCNC(=O)c1ccc(Cl)cc1F)C(C)C. The zero-order valence-electron chi connectivity index (χ0n) is 12.4. The molecule has 20 heavy (non-hydrogen) atoms. The third kappa shape index (κ3) is 4.76. The second kappa shape index (κ2) is 7.60. The summed E-state index contributed by atoms with van der Waals surface area (Å²) in [7, 11) is 0. The summed E-state index contributed by atoms with van der Waals surface area (Å²) in [6.45, 7) is 9.66. The minimum atomic E-state index is -0.598. The summed E-state index contributed by atoms with van der Waals surface area (Å²) in [5.41, 5.74) is 0.0232. The van der Waals surface area contributed by atoms with Gasteiger partial charge in [-0.15, -0.1) is 0 Å². The molecule has 0 aliphatic carbocycles. The molecule has 0 aliphatic heterocycles. The maximum atomic E-state index is 13.6. The second-order valence-corrected chi connectivity index (χ2v) is 5.74. The molecule has 0 atom stereocenters. The molecule has 0 fully saturated rings. The molecular weight excluding hydrogens is 279 g/mol. The zero-order valence-corrected chi connectivity index (χ0v) is 13.2. The molecule has 1 aromatic carbocycles. The summed E-state index contributed by atoms with van der Waals surface area (Å²) >= 11 is 5.66. The van der Waals surface area contributed by atoms with Gasteiger partial charge in [-0.25, -0.2) is 4.39 Å². The molecule has 5 heteroatoms. The highest BCUT2D eigenvalue weighted by atomic mass is 35.5. The van der Waals surface area contributed by atoms with Crippen molar-refractivity contribution in [2.24, 2.45) is 0 Å². The molecule has 0 bridgehead atoms. The van der Waals surface area contributed by atoms with E-state index >= 15 is 0 Å². The number of halogens is 2. The first-order valence-electron chi connectivity index (χ1n) is 6.82. The average molecular weight is 301 g/mol. The Balaban J connectivity index is 2.55. The quantitative estimate of drug-likeness (QED) is 0.874. The molecule has 0 saturated heterocycles. The van der Waals surface area contributed by atoms with Gasteiger partial charge in [0.1, 0.15) is 5.82 Å². The summed E-state index contributed by atoms with van der Waals surface area (Å²) in [6.07, 6.45) is 0. The molecule has 3 nitrogen and oxygen atoms in total. The molecule has 1 rings (SSSR count). The number of carbonyl (C=O) groups is 1. The topological polar surface area (TPSA) is 32.3 Å². The van der Waals surface area contributed by atoms with E-state index in [1.807, 2.05) is 0 Å². The highest BCUT2D eigenvalue weighted by Crippen LogP contribution is 2.14. The Morgan fingerprint density at radius 2 is 1.90 bits per heavy atom. The second-order valence-electron chi connectivity index (χ2n) is 5.31. The van der Waals surface area contributed by atoms with E-state index in [-0.39, 0.29) is 10.6 Å². The van der Waals surface area contributed by atoms with Gasteiger partial charge in [0.15, 0.2) is 0 Å². The van der Waals surface area contributed by atoms with Crippen LogP contribution < -0.4 is 5.32 Å². The van der Waals surface area contributed by atoms with Crippen molar-refractivity contribution in [1.82, 2.24) is 10.2 Å². The van der Waals surface area contributed by atoms with Gasteiger partial charge in [0, 0.05) is 30.2 Å². The van der Waals surface area contributed by atoms with Gasteiger partial charge >= 0.3 is 0 Å². The van der Waals surface area contributed by atoms with Gasteiger partial charge in [0.25, 0.3) is 5.91 Å². The van der Waals surface area contributed by atoms with Crippen LogP contribution in [-0.2, 0) is 0 Å². The van der Waals surface area contributed by atoms with Gasteiger partial charge in [-0.3, -0.25) is 9.69 Å². The van der Waals surface area contributed by atoms with Crippen LogP contribution in [0.5, 0.6) is 0 Å². The fourth-order valence-electron chi connectivity index (χ4n) is 2.18. The van der Waals surface area contributed by atoms with Crippen molar-refractivity contribution < 1.29 is 9.18 Å². The highest BCUT2D eigenvalue weighted by molar-refractivity contribution is 6.30. The van der Waals surface area contributed by atoms with Crippen molar-refractivity contribution >= 4 is 17.5 Å². The molecule has 0 aliphatic rings. The molecule has 0 aromatic heterocycles. The average Bonchev–Trinajstić information content (AvgIpc) is 2.33. The first-order chi connectivity index (χ1) is 9.32. The molecular formula is C15H22ClFN2O. The normalized spacial score (nSPS) is 11.4. The molecule has 0 saturated carbocycles. The largest absolute Gasteiger partial charge is 0.351 e. The van der Waals surface area contributed by atoms with Crippen molar-refractivity contribution in [1.29, 1.82) is 0 Å². The van der Waals surface area contributed by atoms with E-state index in [1.54, 1.807) is 0 Å². The Labute approximate surface area is 125 Å². The van der Waals surface area contributed by atoms with Crippen LogP contribution in [0.1, 0.15) is 38.1 Å². The number of carbonyl (C=O) groups excluding carboxylic acids is 1. The van der Waals surface area contributed by atoms with E-state index < -0.39 is 11.7 Å². The van der Waals surface area contributed by atoms with E-state index in [2.05, 4.69) is 37.9 Å². The van der Waals surface area contributed by atoms with Gasteiger partial charge < -0.3 is 5.32 Å². The predicted octanol–water partition coefficient (Wildman–Crippen LogP) is 3.33. The number of amides is 1. The lowest BCUT2D eigenvalue weighted by atomic mass is 10.2. The molecule has 112 valence electrons. The van der Waals surface area contributed by atoms with Crippen molar-refractivity contribution in [3.63, 3.8) is 0 Å². The number of nitrogens with one attached hydrogen (secondary N) is 1. The van der Waals surface area contributed by atoms with Crippen LogP contribution in [0.4, 0.5) is 4.39 Å². The molecule has 1 aromatic rings. The lowest BCUT2D eigenvalue weighted by Gasteiger charge is -2.30. The summed E-state index contributed by atoms with van der Waals surface area (Å²) in [4.78, 5) is 14.1. The molecule has 0 unspecified atom stereocenters. The fraction of sp³-hybridized carbons (Fsp3) is 0.533. The first-order valence-corrected chi connectivity index (χ1v) is 7.19. The van der Waals surface area contributed by atoms with Gasteiger partial charge in [0.05, 0.1) is 5.56 Å². The van der Waals surface area contributed by atoms with E-state index in [0.717, 1.165) is 12.6 Å². The summed E-state index contributed by atoms with van der Waals surface area (Å²) in [5, 5.41) is 3.02. The monoisotopic (exact) mass is 300 g/mol. The van der Waals surface area contributed by atoms with E-state index in [9.17, 15) is 9.18 Å². The van der Waals surface area contributed by atoms with E-state index in [0.29, 0.717) is 18.6 Å².